The van der Waals surface area contributed by atoms with Crippen LogP contribution >= 0.6 is 34.5 Å². The summed E-state index contributed by atoms with van der Waals surface area (Å²) in [5.41, 5.74) is 3.49. The Balaban J connectivity index is 1.64. The lowest BCUT2D eigenvalue weighted by Crippen LogP contribution is -2.14. The minimum absolute atomic E-state index is 0.101. The van der Waals surface area contributed by atoms with E-state index >= 15 is 0 Å². The maximum absolute atomic E-state index is 12.7. The molecular formula is C23H16Cl2N2OS. The van der Waals surface area contributed by atoms with Gasteiger partial charge in [-0.05, 0) is 36.4 Å². The number of carbonyl (C=O) groups excluding carboxylic acids is 1. The first kappa shape index (κ1) is 19.6. The summed E-state index contributed by atoms with van der Waals surface area (Å²) in [6.45, 7) is 0. The maximum Gasteiger partial charge on any atom is 0.229 e. The van der Waals surface area contributed by atoms with Crippen molar-refractivity contribution in [2.24, 2.45) is 0 Å². The molecule has 4 aromatic rings. The van der Waals surface area contributed by atoms with Crippen molar-refractivity contribution in [2.75, 3.05) is 5.32 Å². The lowest BCUT2D eigenvalue weighted by atomic mass is 10.1. The third-order valence-electron chi connectivity index (χ3n) is 4.28. The Morgan fingerprint density at radius 2 is 1.45 bits per heavy atom. The predicted octanol–water partition coefficient (Wildman–Crippen LogP) is 6.97. The number of thiazole rings is 1. The molecule has 3 aromatic carbocycles. The van der Waals surface area contributed by atoms with Crippen LogP contribution in [-0.4, -0.2) is 10.9 Å². The van der Waals surface area contributed by atoms with Crippen LogP contribution in [-0.2, 0) is 11.2 Å². The minimum atomic E-state index is -0.101. The molecule has 29 heavy (non-hydrogen) atoms. The maximum atomic E-state index is 12.7. The molecule has 144 valence electrons. The lowest BCUT2D eigenvalue weighted by Gasteiger charge is -2.05. The number of rotatable bonds is 5. The lowest BCUT2D eigenvalue weighted by molar-refractivity contribution is -0.115. The fourth-order valence-electron chi connectivity index (χ4n) is 2.89. The predicted molar refractivity (Wildman–Crippen MR) is 122 cm³/mol. The van der Waals surface area contributed by atoms with Gasteiger partial charge in [-0.15, -0.1) is 11.3 Å². The number of hydrogen-bond acceptors (Lipinski definition) is 3. The molecule has 0 fully saturated rings. The van der Waals surface area contributed by atoms with Crippen molar-refractivity contribution in [3.05, 3.63) is 93.8 Å². The highest BCUT2D eigenvalue weighted by atomic mass is 35.5. The van der Waals surface area contributed by atoms with Crippen molar-refractivity contribution < 1.29 is 4.79 Å². The SMILES string of the molecule is O=C(Cc1sc(-c2ccc(Cl)cc2)nc1-c1ccccc1)Nc1ccc(Cl)cc1. The van der Waals surface area contributed by atoms with Crippen LogP contribution in [0, 0.1) is 0 Å². The van der Waals surface area contributed by atoms with Crippen LogP contribution in [0.1, 0.15) is 4.88 Å². The largest absolute Gasteiger partial charge is 0.326 e. The molecule has 0 aliphatic heterocycles. The molecule has 0 aliphatic carbocycles. The molecule has 0 aliphatic rings. The fraction of sp³-hybridized carbons (Fsp3) is 0.0435. The summed E-state index contributed by atoms with van der Waals surface area (Å²) >= 11 is 13.4. The van der Waals surface area contributed by atoms with E-state index in [1.807, 2.05) is 54.6 Å². The number of amides is 1. The van der Waals surface area contributed by atoms with Crippen molar-refractivity contribution >= 4 is 46.1 Å². The van der Waals surface area contributed by atoms with E-state index in [2.05, 4.69) is 5.32 Å². The Hall–Kier alpha value is -2.66. The van der Waals surface area contributed by atoms with Gasteiger partial charge < -0.3 is 5.32 Å². The zero-order chi connectivity index (χ0) is 20.2. The monoisotopic (exact) mass is 438 g/mol. The van der Waals surface area contributed by atoms with Gasteiger partial charge in [-0.25, -0.2) is 4.98 Å². The van der Waals surface area contributed by atoms with E-state index in [1.165, 1.54) is 11.3 Å². The highest BCUT2D eigenvalue weighted by Crippen LogP contribution is 2.34. The Bertz CT molecular complexity index is 1120. The van der Waals surface area contributed by atoms with E-state index < -0.39 is 0 Å². The fourth-order valence-corrected chi connectivity index (χ4v) is 4.23. The summed E-state index contributed by atoms with van der Waals surface area (Å²) in [6.07, 6.45) is 0.234. The van der Waals surface area contributed by atoms with E-state index in [4.69, 9.17) is 28.2 Å². The van der Waals surface area contributed by atoms with E-state index in [-0.39, 0.29) is 12.3 Å². The number of nitrogens with one attached hydrogen (secondary N) is 1. The quantitative estimate of drug-likeness (QED) is 0.365. The van der Waals surface area contributed by atoms with Crippen LogP contribution in [0.2, 0.25) is 10.0 Å². The Morgan fingerprint density at radius 3 is 2.10 bits per heavy atom. The third-order valence-corrected chi connectivity index (χ3v) is 5.89. The summed E-state index contributed by atoms with van der Waals surface area (Å²) in [7, 11) is 0. The van der Waals surface area contributed by atoms with Crippen LogP contribution in [0.5, 0.6) is 0 Å². The second-order valence-electron chi connectivity index (χ2n) is 6.40. The Morgan fingerprint density at radius 1 is 0.828 bits per heavy atom. The number of carbonyl (C=O) groups is 1. The molecule has 4 rings (SSSR count). The average molecular weight is 439 g/mol. The molecule has 3 nitrogen and oxygen atoms in total. The van der Waals surface area contributed by atoms with Crippen LogP contribution in [0.15, 0.2) is 78.9 Å². The number of hydrogen-bond donors (Lipinski definition) is 1. The molecule has 6 heteroatoms. The zero-order valence-electron chi connectivity index (χ0n) is 15.2. The second-order valence-corrected chi connectivity index (χ2v) is 8.35. The highest BCUT2D eigenvalue weighted by molar-refractivity contribution is 7.15. The second kappa shape index (κ2) is 8.78. The first-order valence-corrected chi connectivity index (χ1v) is 10.5. The molecule has 1 N–H and O–H groups in total. The number of anilines is 1. The van der Waals surface area contributed by atoms with E-state index in [0.717, 1.165) is 26.7 Å². The molecule has 0 spiro atoms. The number of nitrogens with zero attached hydrogens (tertiary/aromatic N) is 1. The van der Waals surface area contributed by atoms with Crippen LogP contribution in [0.4, 0.5) is 5.69 Å². The summed E-state index contributed by atoms with van der Waals surface area (Å²) in [6, 6.07) is 24.5. The Kier molecular flexibility index (Phi) is 5.95. The number of aromatic nitrogens is 1. The van der Waals surface area contributed by atoms with Gasteiger partial charge >= 0.3 is 0 Å². The van der Waals surface area contributed by atoms with Gasteiger partial charge in [0.1, 0.15) is 5.01 Å². The topological polar surface area (TPSA) is 42.0 Å². The third kappa shape index (κ3) is 4.85. The summed E-state index contributed by atoms with van der Waals surface area (Å²) in [5.74, 6) is -0.101. The molecule has 0 saturated carbocycles. The van der Waals surface area contributed by atoms with Crippen LogP contribution in [0.25, 0.3) is 21.8 Å². The van der Waals surface area contributed by atoms with Crippen molar-refractivity contribution in [2.45, 2.75) is 6.42 Å². The minimum Gasteiger partial charge on any atom is -0.326 e. The van der Waals surface area contributed by atoms with Gasteiger partial charge in [-0.1, -0.05) is 65.7 Å². The van der Waals surface area contributed by atoms with E-state index in [1.54, 1.807) is 24.3 Å². The molecule has 0 radical (unpaired) electrons. The van der Waals surface area contributed by atoms with Crippen LogP contribution in [0.3, 0.4) is 0 Å². The standard InChI is InChI=1S/C23H16Cl2N2OS/c24-17-8-6-16(7-9-17)23-27-22(15-4-2-1-3-5-15)20(29-23)14-21(28)26-19-12-10-18(25)11-13-19/h1-13H,14H2,(H,26,28). The number of benzene rings is 3. The highest BCUT2D eigenvalue weighted by Gasteiger charge is 2.17. The molecule has 1 aromatic heterocycles. The molecule has 0 bridgehead atoms. The molecule has 0 unspecified atom stereocenters. The van der Waals surface area contributed by atoms with Crippen molar-refractivity contribution in [1.29, 1.82) is 0 Å². The zero-order valence-corrected chi connectivity index (χ0v) is 17.6. The Labute approximate surface area is 183 Å². The van der Waals surface area contributed by atoms with Crippen LogP contribution < -0.4 is 5.32 Å². The smallest absolute Gasteiger partial charge is 0.229 e. The van der Waals surface area contributed by atoms with Gasteiger partial charge in [0.15, 0.2) is 0 Å². The molecular weight excluding hydrogens is 423 g/mol. The van der Waals surface area contributed by atoms with Gasteiger partial charge in [0.05, 0.1) is 12.1 Å². The van der Waals surface area contributed by atoms with E-state index in [9.17, 15) is 4.79 Å². The molecule has 1 heterocycles. The first-order chi connectivity index (χ1) is 14.1. The molecule has 0 atom stereocenters. The average Bonchev–Trinajstić information content (AvgIpc) is 3.14. The summed E-state index contributed by atoms with van der Waals surface area (Å²) in [5, 5.41) is 5.08. The van der Waals surface area contributed by atoms with E-state index in [0.29, 0.717) is 15.7 Å². The summed E-state index contributed by atoms with van der Waals surface area (Å²) in [4.78, 5) is 18.4. The van der Waals surface area contributed by atoms with Gasteiger partial charge in [0.25, 0.3) is 0 Å². The van der Waals surface area contributed by atoms with Gasteiger partial charge in [0.2, 0.25) is 5.91 Å². The van der Waals surface area contributed by atoms with Crippen molar-refractivity contribution in [1.82, 2.24) is 4.98 Å². The van der Waals surface area contributed by atoms with Crippen molar-refractivity contribution in [3.63, 3.8) is 0 Å². The summed E-state index contributed by atoms with van der Waals surface area (Å²) < 4.78 is 0. The normalized spacial score (nSPS) is 10.7. The molecule has 0 saturated heterocycles. The first-order valence-electron chi connectivity index (χ1n) is 8.95. The van der Waals surface area contributed by atoms with Gasteiger partial charge in [0, 0.05) is 31.7 Å². The molecule has 1 amide bonds. The van der Waals surface area contributed by atoms with Gasteiger partial charge in [-0.2, -0.15) is 0 Å². The van der Waals surface area contributed by atoms with Crippen molar-refractivity contribution in [3.8, 4) is 21.8 Å². The number of halogens is 2. The van der Waals surface area contributed by atoms with Gasteiger partial charge in [-0.3, -0.25) is 4.79 Å².